The quantitative estimate of drug-likeness (QED) is 0.914. The molecular formula is C14H23BrN2O. The number of aromatic nitrogens is 2. The lowest BCUT2D eigenvalue weighted by atomic mass is 9.79. The van der Waals surface area contributed by atoms with Gasteiger partial charge in [-0.2, -0.15) is 5.10 Å². The first-order valence-corrected chi connectivity index (χ1v) is 7.82. The fraction of sp³-hybridized carbons (Fsp3) is 0.786. The molecule has 0 aliphatic heterocycles. The van der Waals surface area contributed by atoms with Gasteiger partial charge in [-0.3, -0.25) is 4.68 Å². The van der Waals surface area contributed by atoms with Crippen LogP contribution >= 0.6 is 15.9 Å². The zero-order chi connectivity index (χ0) is 13.1. The summed E-state index contributed by atoms with van der Waals surface area (Å²) in [5.74, 6) is 1.12. The van der Waals surface area contributed by atoms with Gasteiger partial charge in [0.25, 0.3) is 0 Å². The molecule has 0 saturated heterocycles. The van der Waals surface area contributed by atoms with Crippen molar-refractivity contribution in [2.75, 3.05) is 0 Å². The minimum Gasteiger partial charge on any atom is -0.386 e. The van der Waals surface area contributed by atoms with Crippen molar-refractivity contribution in [2.45, 2.75) is 58.6 Å². The van der Waals surface area contributed by atoms with Crippen molar-refractivity contribution >= 4 is 15.9 Å². The lowest BCUT2D eigenvalue weighted by Gasteiger charge is -2.30. The second-order valence-electron chi connectivity index (χ2n) is 5.58. The van der Waals surface area contributed by atoms with Crippen LogP contribution < -0.4 is 0 Å². The molecular weight excluding hydrogens is 292 g/mol. The van der Waals surface area contributed by atoms with E-state index in [-0.39, 0.29) is 6.10 Å². The van der Waals surface area contributed by atoms with E-state index in [1.165, 1.54) is 12.8 Å². The normalized spacial score (nSPS) is 26.2. The summed E-state index contributed by atoms with van der Waals surface area (Å²) in [6.45, 7) is 5.30. The summed E-state index contributed by atoms with van der Waals surface area (Å²) in [5.41, 5.74) is 0.968. The lowest BCUT2D eigenvalue weighted by Crippen LogP contribution is -2.22. The summed E-state index contributed by atoms with van der Waals surface area (Å²) in [6.07, 6.45) is 7.27. The van der Waals surface area contributed by atoms with Gasteiger partial charge in [-0.15, -0.1) is 0 Å². The van der Waals surface area contributed by atoms with Gasteiger partial charge in [-0.25, -0.2) is 0 Å². The molecule has 3 nitrogen and oxygen atoms in total. The molecule has 1 aliphatic carbocycles. The summed E-state index contributed by atoms with van der Waals surface area (Å²) in [6, 6.07) is 0. The van der Waals surface area contributed by atoms with Crippen LogP contribution in [0.2, 0.25) is 0 Å². The Morgan fingerprint density at radius 3 is 3.00 bits per heavy atom. The molecule has 1 fully saturated rings. The first kappa shape index (κ1) is 14.1. The van der Waals surface area contributed by atoms with Crippen molar-refractivity contribution in [2.24, 2.45) is 11.8 Å². The molecule has 0 spiro atoms. The van der Waals surface area contributed by atoms with Crippen LogP contribution in [0.4, 0.5) is 0 Å². The smallest absolute Gasteiger partial charge is 0.0996 e. The van der Waals surface area contributed by atoms with Gasteiger partial charge in [-0.05, 0) is 47.0 Å². The van der Waals surface area contributed by atoms with E-state index in [4.69, 9.17) is 0 Å². The molecule has 1 heterocycles. The molecule has 18 heavy (non-hydrogen) atoms. The van der Waals surface area contributed by atoms with E-state index < -0.39 is 0 Å². The van der Waals surface area contributed by atoms with Crippen LogP contribution in [-0.4, -0.2) is 14.9 Å². The Morgan fingerprint density at radius 2 is 2.33 bits per heavy atom. The Hall–Kier alpha value is -0.350. The van der Waals surface area contributed by atoms with Crippen LogP contribution in [-0.2, 0) is 6.54 Å². The van der Waals surface area contributed by atoms with Crippen LogP contribution in [0.1, 0.15) is 57.7 Å². The maximum absolute atomic E-state index is 10.6. The van der Waals surface area contributed by atoms with E-state index >= 15 is 0 Å². The van der Waals surface area contributed by atoms with Gasteiger partial charge < -0.3 is 5.11 Å². The van der Waals surface area contributed by atoms with E-state index in [1.54, 1.807) is 6.20 Å². The summed E-state index contributed by atoms with van der Waals surface area (Å²) in [7, 11) is 0. The molecule has 1 aromatic rings. The minimum absolute atomic E-state index is 0.379. The largest absolute Gasteiger partial charge is 0.386 e. The van der Waals surface area contributed by atoms with Gasteiger partial charge in [0.15, 0.2) is 0 Å². The van der Waals surface area contributed by atoms with Crippen LogP contribution in [0.5, 0.6) is 0 Å². The number of hydrogen-bond acceptors (Lipinski definition) is 2. The van der Waals surface area contributed by atoms with Crippen molar-refractivity contribution in [1.82, 2.24) is 9.78 Å². The molecule has 4 heteroatoms. The number of nitrogens with zero attached hydrogens (tertiary/aromatic N) is 2. The molecule has 3 atom stereocenters. The average molecular weight is 315 g/mol. The number of hydrogen-bond donors (Lipinski definition) is 1. The Kier molecular flexibility index (Phi) is 4.84. The highest BCUT2D eigenvalue weighted by Crippen LogP contribution is 2.39. The highest BCUT2D eigenvalue weighted by atomic mass is 79.9. The van der Waals surface area contributed by atoms with Gasteiger partial charge >= 0.3 is 0 Å². The molecule has 0 radical (unpaired) electrons. The second kappa shape index (κ2) is 6.20. The fourth-order valence-electron chi connectivity index (χ4n) is 3.05. The average Bonchev–Trinajstić information content (AvgIpc) is 2.70. The van der Waals surface area contributed by atoms with Gasteiger partial charge in [0.05, 0.1) is 22.5 Å². The third-order valence-electron chi connectivity index (χ3n) is 3.97. The van der Waals surface area contributed by atoms with Crippen molar-refractivity contribution < 1.29 is 5.11 Å². The van der Waals surface area contributed by atoms with Crippen LogP contribution in [0, 0.1) is 11.8 Å². The molecule has 3 unspecified atom stereocenters. The molecule has 2 rings (SSSR count). The first-order chi connectivity index (χ1) is 8.63. The standard InChI is InChI=1S/C14H23BrN2O/c1-3-7-17-13(12(15)9-16-17)14(18)11-6-4-5-10(2)8-11/h9-11,14,18H,3-8H2,1-2H3. The second-order valence-corrected chi connectivity index (χ2v) is 6.43. The number of aryl methyl sites for hydroxylation is 1. The molecule has 0 aromatic carbocycles. The predicted molar refractivity (Wildman–Crippen MR) is 76.3 cm³/mol. The SMILES string of the molecule is CCCn1ncc(Br)c1C(O)C1CCCC(C)C1. The van der Waals surface area contributed by atoms with Crippen molar-refractivity contribution in [3.63, 3.8) is 0 Å². The van der Waals surface area contributed by atoms with Crippen LogP contribution in [0.25, 0.3) is 0 Å². The lowest BCUT2D eigenvalue weighted by molar-refractivity contribution is 0.0634. The molecule has 1 saturated carbocycles. The highest BCUT2D eigenvalue weighted by Gasteiger charge is 2.29. The third kappa shape index (κ3) is 2.97. The van der Waals surface area contributed by atoms with Crippen molar-refractivity contribution in [1.29, 1.82) is 0 Å². The minimum atomic E-state index is -0.379. The molecule has 1 N–H and O–H groups in total. The third-order valence-corrected chi connectivity index (χ3v) is 4.58. The number of aliphatic hydroxyl groups is 1. The van der Waals surface area contributed by atoms with E-state index in [0.29, 0.717) is 5.92 Å². The maximum atomic E-state index is 10.6. The predicted octanol–water partition coefficient (Wildman–Crippen LogP) is 3.92. The zero-order valence-corrected chi connectivity index (χ0v) is 12.9. The van der Waals surface area contributed by atoms with Gasteiger partial charge in [0.2, 0.25) is 0 Å². The summed E-state index contributed by atoms with van der Waals surface area (Å²) < 4.78 is 2.90. The Balaban J connectivity index is 2.16. The topological polar surface area (TPSA) is 38.0 Å². The summed E-state index contributed by atoms with van der Waals surface area (Å²) >= 11 is 3.53. The number of halogens is 1. The Morgan fingerprint density at radius 1 is 1.56 bits per heavy atom. The molecule has 1 aliphatic rings. The van der Waals surface area contributed by atoms with Crippen molar-refractivity contribution in [3.8, 4) is 0 Å². The maximum Gasteiger partial charge on any atom is 0.0996 e. The molecule has 0 bridgehead atoms. The van der Waals surface area contributed by atoms with Gasteiger partial charge in [0, 0.05) is 6.54 Å². The van der Waals surface area contributed by atoms with Gasteiger partial charge in [-0.1, -0.05) is 26.7 Å². The summed E-state index contributed by atoms with van der Waals surface area (Å²) in [4.78, 5) is 0. The van der Waals surface area contributed by atoms with Crippen LogP contribution in [0.3, 0.4) is 0 Å². The molecule has 1 aromatic heterocycles. The Labute approximate surface area is 118 Å². The Bertz CT molecular complexity index is 391. The van der Waals surface area contributed by atoms with Gasteiger partial charge in [0.1, 0.15) is 0 Å². The zero-order valence-electron chi connectivity index (χ0n) is 11.3. The number of aliphatic hydroxyl groups excluding tert-OH is 1. The highest BCUT2D eigenvalue weighted by molar-refractivity contribution is 9.10. The fourth-order valence-corrected chi connectivity index (χ4v) is 3.58. The van der Waals surface area contributed by atoms with E-state index in [2.05, 4.69) is 34.9 Å². The van der Waals surface area contributed by atoms with E-state index in [9.17, 15) is 5.11 Å². The molecule has 102 valence electrons. The van der Waals surface area contributed by atoms with Crippen LogP contribution in [0.15, 0.2) is 10.7 Å². The number of rotatable bonds is 4. The molecule has 0 amide bonds. The monoisotopic (exact) mass is 314 g/mol. The van der Waals surface area contributed by atoms with Crippen molar-refractivity contribution in [3.05, 3.63) is 16.4 Å². The first-order valence-electron chi connectivity index (χ1n) is 7.02. The summed E-state index contributed by atoms with van der Waals surface area (Å²) in [5, 5.41) is 15.0. The van der Waals surface area contributed by atoms with E-state index in [0.717, 1.165) is 41.9 Å². The van der Waals surface area contributed by atoms with E-state index in [1.807, 2.05) is 4.68 Å².